The highest BCUT2D eigenvalue weighted by atomic mass is 16.5. The molecule has 112 valence electrons. The first kappa shape index (κ1) is 20.1. The van der Waals surface area contributed by atoms with Gasteiger partial charge in [0.2, 0.25) is 0 Å². The fourth-order valence-electron chi connectivity index (χ4n) is 1.11. The van der Waals surface area contributed by atoms with Crippen LogP contribution in [0.4, 0.5) is 0 Å². The van der Waals surface area contributed by atoms with Gasteiger partial charge in [-0.15, -0.1) is 0 Å². The number of hydrogen-bond acceptors (Lipinski definition) is 5. The highest BCUT2D eigenvalue weighted by Crippen LogP contribution is 2.27. The van der Waals surface area contributed by atoms with Gasteiger partial charge in [0.1, 0.15) is 12.7 Å². The van der Waals surface area contributed by atoms with Crippen LogP contribution in [0.15, 0.2) is 18.2 Å². The number of nitriles is 1. The first-order valence-corrected chi connectivity index (χ1v) is 6.24. The van der Waals surface area contributed by atoms with Crippen molar-refractivity contribution in [1.82, 2.24) is 0 Å². The molecule has 0 aliphatic carbocycles. The first-order chi connectivity index (χ1) is 9.69. The Kier molecular flexibility index (Phi) is 14.8. The van der Waals surface area contributed by atoms with Crippen molar-refractivity contribution >= 4 is 6.34 Å². The van der Waals surface area contributed by atoms with E-state index < -0.39 is 0 Å². The lowest BCUT2D eigenvalue weighted by atomic mass is 10.2. The van der Waals surface area contributed by atoms with Gasteiger partial charge in [-0.3, -0.25) is 5.41 Å². The Morgan fingerprint density at radius 3 is 2.45 bits per heavy atom. The second kappa shape index (κ2) is 14.8. The summed E-state index contributed by atoms with van der Waals surface area (Å²) in [7, 11) is 0. The SMILES string of the molecule is CC.Cc1ccc(OCC#N)c(OCCO)c1.N=CN. The van der Waals surface area contributed by atoms with Gasteiger partial charge in [-0.25, -0.2) is 0 Å². The van der Waals surface area contributed by atoms with Crippen molar-refractivity contribution in [2.75, 3.05) is 19.8 Å². The van der Waals surface area contributed by atoms with E-state index in [0.29, 0.717) is 11.5 Å². The highest BCUT2D eigenvalue weighted by Gasteiger charge is 2.04. The Labute approximate surface area is 120 Å². The maximum absolute atomic E-state index is 8.65. The molecule has 0 unspecified atom stereocenters. The fourth-order valence-corrected chi connectivity index (χ4v) is 1.11. The van der Waals surface area contributed by atoms with Crippen LogP contribution in [0.1, 0.15) is 19.4 Å². The third-order valence-electron chi connectivity index (χ3n) is 1.74. The molecule has 0 spiro atoms. The second-order valence-electron chi connectivity index (χ2n) is 3.14. The average Bonchev–Trinajstić information content (AvgIpc) is 2.47. The van der Waals surface area contributed by atoms with E-state index in [2.05, 4.69) is 5.73 Å². The summed E-state index contributed by atoms with van der Waals surface area (Å²) in [6.45, 7) is 6.08. The van der Waals surface area contributed by atoms with E-state index in [9.17, 15) is 0 Å². The minimum Gasteiger partial charge on any atom is -0.487 e. The number of aliphatic hydroxyl groups excluding tert-OH is 1. The molecule has 0 aliphatic rings. The van der Waals surface area contributed by atoms with E-state index in [-0.39, 0.29) is 19.8 Å². The van der Waals surface area contributed by atoms with Crippen LogP contribution in [0, 0.1) is 23.7 Å². The van der Waals surface area contributed by atoms with Crippen molar-refractivity contribution in [3.05, 3.63) is 23.8 Å². The minimum atomic E-state index is -0.0500. The largest absolute Gasteiger partial charge is 0.487 e. The van der Waals surface area contributed by atoms with E-state index in [1.54, 1.807) is 6.07 Å². The molecule has 0 aliphatic heterocycles. The number of nitrogens with two attached hydrogens (primary N) is 1. The van der Waals surface area contributed by atoms with Crippen LogP contribution in [0.25, 0.3) is 0 Å². The summed E-state index contributed by atoms with van der Waals surface area (Å²) >= 11 is 0. The lowest BCUT2D eigenvalue weighted by Gasteiger charge is -2.10. The Morgan fingerprint density at radius 1 is 1.35 bits per heavy atom. The average molecular weight is 281 g/mol. The van der Waals surface area contributed by atoms with Crippen LogP contribution in [0.5, 0.6) is 11.5 Å². The molecule has 6 nitrogen and oxygen atoms in total. The van der Waals surface area contributed by atoms with Crippen molar-refractivity contribution < 1.29 is 14.6 Å². The fraction of sp³-hybridized carbons (Fsp3) is 0.429. The summed E-state index contributed by atoms with van der Waals surface area (Å²) < 4.78 is 10.5. The lowest BCUT2D eigenvalue weighted by molar-refractivity contribution is 0.195. The summed E-state index contributed by atoms with van der Waals surface area (Å²) in [5, 5.41) is 22.9. The zero-order valence-electron chi connectivity index (χ0n) is 12.2. The molecule has 1 aromatic rings. The maximum Gasteiger partial charge on any atom is 0.174 e. The van der Waals surface area contributed by atoms with Crippen molar-refractivity contribution in [2.24, 2.45) is 5.73 Å². The molecule has 0 fully saturated rings. The normalized spacial score (nSPS) is 7.95. The minimum absolute atomic E-state index is 0.0153. The molecule has 0 heterocycles. The standard InChI is InChI=1S/C11H13NO3.C2H6.CH4N2/c1-9-2-3-10(14-6-4-12)11(8-9)15-7-5-13;1-2;2-1-3/h2-3,8,13H,5-7H2,1H3;1-2H3;1H,(H3,2,3). The number of aryl methyl sites for hydroxylation is 1. The summed E-state index contributed by atoms with van der Waals surface area (Å²) in [5.74, 6) is 1.08. The monoisotopic (exact) mass is 281 g/mol. The van der Waals surface area contributed by atoms with E-state index in [4.69, 9.17) is 25.3 Å². The number of nitrogens with zero attached hydrogens (tertiary/aromatic N) is 1. The van der Waals surface area contributed by atoms with Gasteiger partial charge in [0.25, 0.3) is 0 Å². The first-order valence-electron chi connectivity index (χ1n) is 6.24. The van der Waals surface area contributed by atoms with Gasteiger partial charge in [-0.1, -0.05) is 19.9 Å². The third kappa shape index (κ3) is 9.74. The zero-order chi connectivity index (χ0) is 15.8. The predicted octanol–water partition coefficient (Wildman–Crippen LogP) is 1.85. The topological polar surface area (TPSA) is 112 Å². The molecule has 0 aromatic heterocycles. The second-order valence-corrected chi connectivity index (χ2v) is 3.14. The molecule has 0 saturated carbocycles. The number of ether oxygens (including phenoxy) is 2. The summed E-state index contributed by atoms with van der Waals surface area (Å²) in [5.41, 5.74) is 5.42. The summed E-state index contributed by atoms with van der Waals surface area (Å²) in [6.07, 6.45) is 0.750. The van der Waals surface area contributed by atoms with Gasteiger partial charge in [-0.2, -0.15) is 5.26 Å². The number of rotatable bonds is 5. The van der Waals surface area contributed by atoms with E-state index in [1.165, 1.54) is 0 Å². The van der Waals surface area contributed by atoms with Gasteiger partial charge < -0.3 is 20.3 Å². The van der Waals surface area contributed by atoms with Gasteiger partial charge >= 0.3 is 0 Å². The molecule has 1 rings (SSSR count). The number of benzene rings is 1. The molecule has 4 N–H and O–H groups in total. The smallest absolute Gasteiger partial charge is 0.174 e. The van der Waals surface area contributed by atoms with Gasteiger partial charge in [0.15, 0.2) is 18.1 Å². The Morgan fingerprint density at radius 2 is 1.95 bits per heavy atom. The van der Waals surface area contributed by atoms with Crippen LogP contribution in [0.3, 0.4) is 0 Å². The number of nitrogens with one attached hydrogen (secondary N) is 1. The van der Waals surface area contributed by atoms with Crippen LogP contribution in [-0.4, -0.2) is 31.3 Å². The molecule has 1 aromatic carbocycles. The molecule has 6 heteroatoms. The van der Waals surface area contributed by atoms with Crippen LogP contribution < -0.4 is 15.2 Å². The maximum atomic E-state index is 8.65. The third-order valence-corrected chi connectivity index (χ3v) is 1.74. The Bertz CT molecular complexity index is 403. The number of aliphatic hydroxyl groups is 1. The Hall–Kier alpha value is -2.26. The van der Waals surface area contributed by atoms with Gasteiger partial charge in [-0.05, 0) is 24.6 Å². The van der Waals surface area contributed by atoms with E-state index in [1.807, 2.05) is 39.0 Å². The lowest BCUT2D eigenvalue weighted by Crippen LogP contribution is -2.04. The molecule has 20 heavy (non-hydrogen) atoms. The molecular weight excluding hydrogens is 258 g/mol. The van der Waals surface area contributed by atoms with Crippen molar-refractivity contribution in [2.45, 2.75) is 20.8 Å². The van der Waals surface area contributed by atoms with Crippen LogP contribution >= 0.6 is 0 Å². The van der Waals surface area contributed by atoms with Crippen molar-refractivity contribution in [3.63, 3.8) is 0 Å². The van der Waals surface area contributed by atoms with Crippen molar-refractivity contribution in [3.8, 4) is 17.6 Å². The van der Waals surface area contributed by atoms with Crippen molar-refractivity contribution in [1.29, 1.82) is 10.7 Å². The predicted molar refractivity (Wildman–Crippen MR) is 79.2 cm³/mol. The van der Waals surface area contributed by atoms with Crippen LogP contribution in [-0.2, 0) is 0 Å². The molecule has 0 amide bonds. The molecule has 0 atom stereocenters. The zero-order valence-corrected chi connectivity index (χ0v) is 12.2. The Balaban J connectivity index is 0. The number of hydrogen-bond donors (Lipinski definition) is 3. The van der Waals surface area contributed by atoms with Gasteiger partial charge in [0.05, 0.1) is 12.9 Å². The molecule has 0 bridgehead atoms. The van der Waals surface area contributed by atoms with E-state index in [0.717, 1.165) is 11.9 Å². The molecule has 0 radical (unpaired) electrons. The molecular formula is C14H23N3O3. The van der Waals surface area contributed by atoms with E-state index >= 15 is 0 Å². The van der Waals surface area contributed by atoms with Crippen LogP contribution in [0.2, 0.25) is 0 Å². The quantitative estimate of drug-likeness (QED) is 0.563. The highest BCUT2D eigenvalue weighted by molar-refractivity contribution is 5.46. The molecule has 0 saturated heterocycles. The van der Waals surface area contributed by atoms with Gasteiger partial charge in [0, 0.05) is 0 Å². The summed E-state index contributed by atoms with van der Waals surface area (Å²) in [6, 6.07) is 7.32. The summed E-state index contributed by atoms with van der Waals surface area (Å²) in [4.78, 5) is 0.